The summed E-state index contributed by atoms with van der Waals surface area (Å²) >= 11 is 0. The Morgan fingerprint density at radius 2 is 2.11 bits per heavy atom. The first-order valence-electron chi connectivity index (χ1n) is 5.84. The maximum Gasteiger partial charge on any atom is 0.336 e. The summed E-state index contributed by atoms with van der Waals surface area (Å²) in [7, 11) is 0. The summed E-state index contributed by atoms with van der Waals surface area (Å²) in [5.74, 6) is -0.530. The number of carboxylic acids is 1. The molecule has 0 amide bonds. The Balaban J connectivity index is 2.25. The third kappa shape index (κ3) is 3.17. The average Bonchev–Trinajstić information content (AvgIpc) is 2.85. The van der Waals surface area contributed by atoms with Crippen molar-refractivity contribution in [2.24, 2.45) is 0 Å². The van der Waals surface area contributed by atoms with E-state index in [-0.39, 0.29) is 24.2 Å². The van der Waals surface area contributed by atoms with Crippen molar-refractivity contribution in [1.29, 1.82) is 0 Å². The van der Waals surface area contributed by atoms with Gasteiger partial charge in [-0.1, -0.05) is 12.1 Å². The van der Waals surface area contributed by atoms with Gasteiger partial charge >= 0.3 is 5.97 Å². The molecular weight excluding hydrogens is 248 g/mol. The molecule has 1 heterocycles. The fraction of sp³-hybridized carbons (Fsp3) is 0.308. The summed E-state index contributed by atoms with van der Waals surface area (Å²) in [5.41, 5.74) is 0.528. The monoisotopic (exact) mass is 262 g/mol. The molecule has 0 aliphatic carbocycles. The van der Waals surface area contributed by atoms with Crippen LogP contribution < -0.4 is 0 Å². The minimum atomic E-state index is -1.03. The molecule has 0 bridgehead atoms. The summed E-state index contributed by atoms with van der Waals surface area (Å²) in [4.78, 5) is 11.1. The molecule has 0 saturated carbocycles. The highest BCUT2D eigenvalue weighted by atomic mass is 16.5. The number of hydrogen-bond acceptors (Lipinski definition) is 5. The van der Waals surface area contributed by atoms with E-state index in [0.29, 0.717) is 11.5 Å². The van der Waals surface area contributed by atoms with E-state index in [1.807, 2.05) is 13.8 Å². The van der Waals surface area contributed by atoms with Crippen LogP contribution in [0.3, 0.4) is 0 Å². The average molecular weight is 262 g/mol. The molecule has 1 aromatic carbocycles. The van der Waals surface area contributed by atoms with E-state index in [9.17, 15) is 4.79 Å². The van der Waals surface area contributed by atoms with Gasteiger partial charge in [0.2, 0.25) is 11.8 Å². The van der Waals surface area contributed by atoms with Crippen molar-refractivity contribution in [3.63, 3.8) is 0 Å². The molecule has 0 saturated heterocycles. The second-order valence-electron chi connectivity index (χ2n) is 4.21. The van der Waals surface area contributed by atoms with Gasteiger partial charge < -0.3 is 14.3 Å². The topological polar surface area (TPSA) is 85.5 Å². The van der Waals surface area contributed by atoms with Crippen LogP contribution in [0.2, 0.25) is 0 Å². The highest BCUT2D eigenvalue weighted by Gasteiger charge is 2.16. The second-order valence-corrected chi connectivity index (χ2v) is 4.21. The Hall–Kier alpha value is -2.21. The van der Waals surface area contributed by atoms with Gasteiger partial charge in [0.1, 0.15) is 6.61 Å². The fourth-order valence-electron chi connectivity index (χ4n) is 1.51. The molecule has 0 aliphatic rings. The van der Waals surface area contributed by atoms with Crippen LogP contribution in [0.25, 0.3) is 11.5 Å². The van der Waals surface area contributed by atoms with Crippen LogP contribution in [0.4, 0.5) is 0 Å². The molecule has 0 atom stereocenters. The third-order valence-corrected chi connectivity index (χ3v) is 2.39. The predicted molar refractivity (Wildman–Crippen MR) is 66.6 cm³/mol. The van der Waals surface area contributed by atoms with Gasteiger partial charge in [-0.2, -0.15) is 0 Å². The quantitative estimate of drug-likeness (QED) is 0.890. The molecule has 0 unspecified atom stereocenters. The number of rotatable bonds is 5. The number of aromatic carboxylic acids is 1. The number of benzene rings is 1. The Morgan fingerprint density at radius 3 is 2.79 bits per heavy atom. The minimum Gasteiger partial charge on any atom is -0.478 e. The third-order valence-electron chi connectivity index (χ3n) is 2.39. The fourth-order valence-corrected chi connectivity index (χ4v) is 1.51. The van der Waals surface area contributed by atoms with Gasteiger partial charge in [-0.05, 0) is 26.0 Å². The Labute approximate surface area is 110 Å². The molecule has 1 N–H and O–H groups in total. The molecular formula is C13H14N2O4. The lowest BCUT2D eigenvalue weighted by molar-refractivity contribution is 0.0519. The number of ether oxygens (including phenoxy) is 1. The molecule has 19 heavy (non-hydrogen) atoms. The molecule has 2 rings (SSSR count). The number of aromatic nitrogens is 2. The van der Waals surface area contributed by atoms with Crippen molar-refractivity contribution in [2.75, 3.05) is 0 Å². The first kappa shape index (κ1) is 13.2. The normalized spacial score (nSPS) is 10.9. The van der Waals surface area contributed by atoms with E-state index in [2.05, 4.69) is 10.2 Å². The second kappa shape index (κ2) is 5.62. The standard InChI is InChI=1S/C13H14N2O4/c1-8(2)18-7-11-14-15-12(19-11)9-5-3-4-6-10(9)13(16)17/h3-6,8H,7H2,1-2H3,(H,16,17). The van der Waals surface area contributed by atoms with E-state index < -0.39 is 5.97 Å². The van der Waals surface area contributed by atoms with Crippen molar-refractivity contribution in [1.82, 2.24) is 10.2 Å². The zero-order valence-electron chi connectivity index (χ0n) is 10.7. The lowest BCUT2D eigenvalue weighted by Gasteiger charge is -2.03. The van der Waals surface area contributed by atoms with E-state index in [1.165, 1.54) is 6.07 Å². The summed E-state index contributed by atoms with van der Waals surface area (Å²) in [6, 6.07) is 6.48. The van der Waals surface area contributed by atoms with Gasteiger partial charge in [-0.3, -0.25) is 0 Å². The van der Waals surface area contributed by atoms with E-state index in [4.69, 9.17) is 14.3 Å². The maximum absolute atomic E-state index is 11.1. The largest absolute Gasteiger partial charge is 0.478 e. The van der Waals surface area contributed by atoms with Crippen molar-refractivity contribution in [2.45, 2.75) is 26.6 Å². The highest BCUT2D eigenvalue weighted by Crippen LogP contribution is 2.22. The molecule has 0 aliphatic heterocycles. The van der Waals surface area contributed by atoms with Crippen LogP contribution >= 0.6 is 0 Å². The van der Waals surface area contributed by atoms with Crippen molar-refractivity contribution in [3.05, 3.63) is 35.7 Å². The molecule has 2 aromatic rings. The van der Waals surface area contributed by atoms with E-state index >= 15 is 0 Å². The zero-order valence-corrected chi connectivity index (χ0v) is 10.7. The number of nitrogens with zero attached hydrogens (tertiary/aromatic N) is 2. The predicted octanol–water partition coefficient (Wildman–Crippen LogP) is 2.36. The summed E-state index contributed by atoms with van der Waals surface area (Å²) < 4.78 is 10.7. The number of carboxylic acid groups (broad SMARTS) is 1. The molecule has 100 valence electrons. The highest BCUT2D eigenvalue weighted by molar-refractivity contribution is 5.94. The Kier molecular flexibility index (Phi) is 3.91. The summed E-state index contributed by atoms with van der Waals surface area (Å²) in [6.45, 7) is 4.01. The van der Waals surface area contributed by atoms with E-state index in [1.54, 1.807) is 18.2 Å². The molecule has 1 aromatic heterocycles. The SMILES string of the molecule is CC(C)OCc1nnc(-c2ccccc2C(=O)O)o1. The van der Waals surface area contributed by atoms with Crippen LogP contribution in [-0.2, 0) is 11.3 Å². The maximum atomic E-state index is 11.1. The smallest absolute Gasteiger partial charge is 0.336 e. The van der Waals surface area contributed by atoms with Gasteiger partial charge in [0.15, 0.2) is 0 Å². The Bertz CT molecular complexity index is 578. The van der Waals surface area contributed by atoms with Crippen LogP contribution in [-0.4, -0.2) is 27.4 Å². The first-order chi connectivity index (χ1) is 9.08. The van der Waals surface area contributed by atoms with Crippen molar-refractivity contribution < 1.29 is 19.1 Å². The van der Waals surface area contributed by atoms with Crippen molar-refractivity contribution in [3.8, 4) is 11.5 Å². The van der Waals surface area contributed by atoms with Crippen LogP contribution in [0.5, 0.6) is 0 Å². The molecule has 6 heteroatoms. The lowest BCUT2D eigenvalue weighted by Crippen LogP contribution is -2.02. The van der Waals surface area contributed by atoms with Crippen LogP contribution in [0.1, 0.15) is 30.1 Å². The van der Waals surface area contributed by atoms with Gasteiger partial charge in [0.25, 0.3) is 0 Å². The van der Waals surface area contributed by atoms with Crippen molar-refractivity contribution >= 4 is 5.97 Å². The summed E-state index contributed by atoms with van der Waals surface area (Å²) in [6.07, 6.45) is 0.0571. The summed E-state index contributed by atoms with van der Waals surface area (Å²) in [5, 5.41) is 16.8. The van der Waals surface area contributed by atoms with Gasteiger partial charge in [-0.15, -0.1) is 10.2 Å². The number of carbonyl (C=O) groups is 1. The Morgan fingerprint density at radius 1 is 1.37 bits per heavy atom. The zero-order chi connectivity index (χ0) is 13.8. The van der Waals surface area contributed by atoms with Gasteiger partial charge in [-0.25, -0.2) is 4.79 Å². The van der Waals surface area contributed by atoms with Crippen LogP contribution in [0.15, 0.2) is 28.7 Å². The minimum absolute atomic E-state index is 0.0571. The molecule has 6 nitrogen and oxygen atoms in total. The molecule has 0 spiro atoms. The molecule has 0 fully saturated rings. The molecule has 0 radical (unpaired) electrons. The first-order valence-corrected chi connectivity index (χ1v) is 5.84. The van der Waals surface area contributed by atoms with Crippen LogP contribution in [0, 0.1) is 0 Å². The lowest BCUT2D eigenvalue weighted by atomic mass is 10.1. The van der Waals surface area contributed by atoms with Gasteiger partial charge in [0, 0.05) is 0 Å². The van der Waals surface area contributed by atoms with E-state index in [0.717, 1.165) is 0 Å². The van der Waals surface area contributed by atoms with Gasteiger partial charge in [0.05, 0.1) is 17.2 Å². The number of hydrogen-bond donors (Lipinski definition) is 1.